The lowest BCUT2D eigenvalue weighted by molar-refractivity contribution is 0.0530. The highest BCUT2D eigenvalue weighted by atomic mass is 32.1. The summed E-state index contributed by atoms with van der Waals surface area (Å²) in [4.78, 5) is 28.3. The van der Waals surface area contributed by atoms with Gasteiger partial charge in [-0.1, -0.05) is 0 Å². The van der Waals surface area contributed by atoms with Gasteiger partial charge in [0.1, 0.15) is 16.8 Å². The second-order valence-electron chi connectivity index (χ2n) is 6.18. The number of amides is 1. The third kappa shape index (κ3) is 3.72. The first-order valence-corrected chi connectivity index (χ1v) is 8.96. The molecular weight excluding hydrogens is 324 g/mol. The summed E-state index contributed by atoms with van der Waals surface area (Å²) in [5, 5.41) is 0.924. The van der Waals surface area contributed by atoms with Gasteiger partial charge < -0.3 is 9.64 Å². The fourth-order valence-electron chi connectivity index (χ4n) is 3.01. The van der Waals surface area contributed by atoms with Crippen molar-refractivity contribution in [1.82, 2.24) is 19.9 Å². The van der Waals surface area contributed by atoms with Gasteiger partial charge in [0.15, 0.2) is 0 Å². The van der Waals surface area contributed by atoms with Gasteiger partial charge in [-0.25, -0.2) is 9.97 Å². The van der Waals surface area contributed by atoms with Crippen LogP contribution in [0.1, 0.15) is 44.7 Å². The number of hydrogen-bond donors (Lipinski definition) is 0. The molecule has 1 fully saturated rings. The molecule has 1 amide bonds. The number of hydrogen-bond acceptors (Lipinski definition) is 6. The van der Waals surface area contributed by atoms with Gasteiger partial charge in [-0.3, -0.25) is 4.79 Å². The summed E-state index contributed by atoms with van der Waals surface area (Å²) in [5.74, 6) is 1.34. The Kier molecular flexibility index (Phi) is 4.80. The smallest absolute Gasteiger partial charge is 0.265 e. The van der Waals surface area contributed by atoms with E-state index in [1.54, 1.807) is 0 Å². The molecule has 1 unspecified atom stereocenters. The maximum Gasteiger partial charge on any atom is 0.265 e. The molecular formula is C17H22N4O2S. The van der Waals surface area contributed by atoms with E-state index in [0.29, 0.717) is 18.2 Å². The second-order valence-corrected chi connectivity index (χ2v) is 7.38. The molecule has 7 heteroatoms. The van der Waals surface area contributed by atoms with Crippen molar-refractivity contribution in [1.29, 1.82) is 0 Å². The van der Waals surface area contributed by atoms with Crippen LogP contribution < -0.4 is 4.74 Å². The summed E-state index contributed by atoms with van der Waals surface area (Å²) in [6.07, 6.45) is 1.81. The molecule has 6 nitrogen and oxygen atoms in total. The molecule has 2 aromatic rings. The molecule has 1 atom stereocenters. The molecule has 0 N–H and O–H groups in total. The van der Waals surface area contributed by atoms with Crippen LogP contribution in [-0.2, 0) is 0 Å². The van der Waals surface area contributed by atoms with Crippen molar-refractivity contribution in [3.63, 3.8) is 0 Å². The van der Waals surface area contributed by atoms with Crippen molar-refractivity contribution in [2.24, 2.45) is 0 Å². The number of aromatic nitrogens is 3. The Bertz CT molecular complexity index is 739. The number of ether oxygens (including phenoxy) is 1. The summed E-state index contributed by atoms with van der Waals surface area (Å²) >= 11 is 1.46. The summed E-state index contributed by atoms with van der Waals surface area (Å²) < 4.78 is 6.01. The van der Waals surface area contributed by atoms with Crippen molar-refractivity contribution in [2.45, 2.75) is 46.6 Å². The van der Waals surface area contributed by atoms with Crippen LogP contribution in [0, 0.1) is 27.7 Å². The number of thiazole rings is 1. The van der Waals surface area contributed by atoms with Gasteiger partial charge in [0.2, 0.25) is 5.88 Å². The van der Waals surface area contributed by atoms with Gasteiger partial charge in [0.05, 0.1) is 17.2 Å². The van der Waals surface area contributed by atoms with Crippen LogP contribution in [0.3, 0.4) is 0 Å². The zero-order valence-electron chi connectivity index (χ0n) is 14.5. The molecule has 2 aromatic heterocycles. The molecule has 0 radical (unpaired) electrons. The number of carbonyl (C=O) groups is 1. The molecule has 0 aliphatic carbocycles. The number of rotatable bonds is 3. The van der Waals surface area contributed by atoms with Crippen molar-refractivity contribution >= 4 is 17.2 Å². The van der Waals surface area contributed by atoms with Crippen LogP contribution in [0.25, 0.3) is 0 Å². The lowest BCUT2D eigenvalue weighted by Crippen LogP contribution is -2.44. The Morgan fingerprint density at radius 3 is 2.71 bits per heavy atom. The number of carbonyl (C=O) groups excluding carboxylic acids is 1. The van der Waals surface area contributed by atoms with Gasteiger partial charge in [0, 0.05) is 18.3 Å². The van der Waals surface area contributed by atoms with Gasteiger partial charge >= 0.3 is 0 Å². The van der Waals surface area contributed by atoms with E-state index in [1.165, 1.54) is 11.3 Å². The summed E-state index contributed by atoms with van der Waals surface area (Å²) in [6.45, 7) is 8.93. The monoisotopic (exact) mass is 346 g/mol. The van der Waals surface area contributed by atoms with Gasteiger partial charge in [-0.15, -0.1) is 11.3 Å². The zero-order valence-corrected chi connectivity index (χ0v) is 15.3. The van der Waals surface area contributed by atoms with Crippen LogP contribution >= 0.6 is 11.3 Å². The molecule has 3 heterocycles. The lowest BCUT2D eigenvalue weighted by atomic mass is 10.1. The van der Waals surface area contributed by atoms with Crippen molar-refractivity contribution in [3.8, 4) is 5.88 Å². The van der Waals surface area contributed by atoms with E-state index in [0.717, 1.165) is 40.7 Å². The van der Waals surface area contributed by atoms with E-state index in [1.807, 2.05) is 38.7 Å². The minimum Gasteiger partial charge on any atom is -0.472 e. The first-order chi connectivity index (χ1) is 11.4. The summed E-state index contributed by atoms with van der Waals surface area (Å²) in [6, 6.07) is 1.84. The third-order valence-electron chi connectivity index (χ3n) is 3.99. The van der Waals surface area contributed by atoms with Crippen LogP contribution in [0.4, 0.5) is 0 Å². The molecule has 0 spiro atoms. The zero-order chi connectivity index (χ0) is 17.3. The Morgan fingerprint density at radius 2 is 2.04 bits per heavy atom. The highest BCUT2D eigenvalue weighted by Crippen LogP contribution is 2.23. The van der Waals surface area contributed by atoms with Crippen molar-refractivity contribution in [3.05, 3.63) is 33.2 Å². The van der Waals surface area contributed by atoms with Crippen LogP contribution in [0.2, 0.25) is 0 Å². The molecule has 3 rings (SSSR count). The van der Waals surface area contributed by atoms with Crippen LogP contribution in [0.5, 0.6) is 5.88 Å². The van der Waals surface area contributed by atoms with Gasteiger partial charge in [0.25, 0.3) is 5.91 Å². The quantitative estimate of drug-likeness (QED) is 0.855. The standard InChI is InChI=1S/C17H22N4O2S/c1-10-8-15(20-12(3)18-10)23-14-6-5-7-21(9-14)17(22)16-11(2)19-13(4)24-16/h8,14H,5-7,9H2,1-4H3. The highest BCUT2D eigenvalue weighted by molar-refractivity contribution is 7.13. The first kappa shape index (κ1) is 16.8. The van der Waals surface area contributed by atoms with Gasteiger partial charge in [-0.2, -0.15) is 4.98 Å². The Morgan fingerprint density at radius 1 is 1.25 bits per heavy atom. The fraction of sp³-hybridized carbons (Fsp3) is 0.529. The average Bonchev–Trinajstić information content (AvgIpc) is 2.84. The number of piperidine rings is 1. The minimum atomic E-state index is -0.0364. The fourth-order valence-corrected chi connectivity index (χ4v) is 3.89. The molecule has 1 aliphatic rings. The Hall–Kier alpha value is -2.02. The van der Waals surface area contributed by atoms with E-state index >= 15 is 0 Å². The number of nitrogens with zero attached hydrogens (tertiary/aromatic N) is 4. The summed E-state index contributed by atoms with van der Waals surface area (Å²) in [5.41, 5.74) is 1.70. The number of likely N-dealkylation sites (tertiary alicyclic amines) is 1. The van der Waals surface area contributed by atoms with Crippen LogP contribution in [-0.4, -0.2) is 45.0 Å². The SMILES string of the molecule is Cc1cc(OC2CCCN(C(=O)c3sc(C)nc3C)C2)nc(C)n1. The molecule has 24 heavy (non-hydrogen) atoms. The van der Waals surface area contributed by atoms with E-state index in [9.17, 15) is 4.79 Å². The van der Waals surface area contributed by atoms with Crippen molar-refractivity contribution < 1.29 is 9.53 Å². The Labute approximate surface area is 145 Å². The molecule has 0 bridgehead atoms. The van der Waals surface area contributed by atoms with E-state index in [2.05, 4.69) is 15.0 Å². The van der Waals surface area contributed by atoms with Crippen molar-refractivity contribution in [2.75, 3.05) is 13.1 Å². The van der Waals surface area contributed by atoms with Gasteiger partial charge in [-0.05, 0) is 40.5 Å². The normalized spacial score (nSPS) is 17.8. The van der Waals surface area contributed by atoms with E-state index < -0.39 is 0 Å². The molecule has 0 aromatic carbocycles. The summed E-state index contributed by atoms with van der Waals surface area (Å²) in [7, 11) is 0. The highest BCUT2D eigenvalue weighted by Gasteiger charge is 2.28. The largest absolute Gasteiger partial charge is 0.472 e. The Balaban J connectivity index is 1.70. The van der Waals surface area contributed by atoms with Crippen LogP contribution in [0.15, 0.2) is 6.07 Å². The number of aryl methyl sites for hydroxylation is 4. The second kappa shape index (κ2) is 6.84. The maximum atomic E-state index is 12.8. The predicted molar refractivity (Wildman–Crippen MR) is 92.6 cm³/mol. The maximum absolute atomic E-state index is 12.8. The molecule has 0 saturated carbocycles. The topological polar surface area (TPSA) is 68.2 Å². The minimum absolute atomic E-state index is 0.0364. The van der Waals surface area contributed by atoms with E-state index in [-0.39, 0.29) is 12.0 Å². The lowest BCUT2D eigenvalue weighted by Gasteiger charge is -2.32. The molecule has 1 aliphatic heterocycles. The molecule has 1 saturated heterocycles. The molecule has 128 valence electrons. The first-order valence-electron chi connectivity index (χ1n) is 8.14. The third-order valence-corrected chi connectivity index (χ3v) is 5.05. The van der Waals surface area contributed by atoms with E-state index in [4.69, 9.17) is 4.74 Å². The average molecular weight is 346 g/mol. The predicted octanol–water partition coefficient (Wildman–Crippen LogP) is 2.85.